The molecule has 1 aromatic rings. The summed E-state index contributed by atoms with van der Waals surface area (Å²) in [6.45, 7) is 3.38. The SMILES string of the molecule is Cc1nnc(C(C)(CO)SCCSC(F)(F)F)s1. The van der Waals surface area contributed by atoms with E-state index in [-0.39, 0.29) is 24.1 Å². The third-order valence-corrected chi connectivity index (χ3v) is 5.64. The van der Waals surface area contributed by atoms with Gasteiger partial charge in [0.25, 0.3) is 0 Å². The first-order chi connectivity index (χ1) is 8.27. The molecule has 0 radical (unpaired) electrons. The largest absolute Gasteiger partial charge is 0.441 e. The van der Waals surface area contributed by atoms with Gasteiger partial charge in [0, 0.05) is 11.5 Å². The normalized spacial score (nSPS) is 15.7. The molecule has 0 aromatic carbocycles. The minimum atomic E-state index is -4.20. The van der Waals surface area contributed by atoms with Crippen molar-refractivity contribution >= 4 is 34.9 Å². The van der Waals surface area contributed by atoms with Gasteiger partial charge in [0.05, 0.1) is 11.4 Å². The molecule has 9 heteroatoms. The van der Waals surface area contributed by atoms with Crippen LogP contribution in [0.5, 0.6) is 0 Å². The van der Waals surface area contributed by atoms with E-state index < -0.39 is 10.3 Å². The molecule has 1 atom stereocenters. The maximum absolute atomic E-state index is 12.0. The van der Waals surface area contributed by atoms with Crippen molar-refractivity contribution in [2.45, 2.75) is 24.1 Å². The van der Waals surface area contributed by atoms with E-state index in [9.17, 15) is 18.3 Å². The molecule has 0 spiro atoms. The monoisotopic (exact) mass is 318 g/mol. The first-order valence-corrected chi connectivity index (χ1v) is 7.82. The fourth-order valence-corrected chi connectivity index (χ4v) is 3.74. The Balaban J connectivity index is 2.51. The number of aryl methyl sites for hydroxylation is 1. The first kappa shape index (κ1) is 16.1. The van der Waals surface area contributed by atoms with Crippen molar-refractivity contribution in [3.8, 4) is 0 Å². The van der Waals surface area contributed by atoms with Gasteiger partial charge in [0.2, 0.25) is 0 Å². The van der Waals surface area contributed by atoms with Crippen LogP contribution in [0.25, 0.3) is 0 Å². The predicted molar refractivity (Wildman–Crippen MR) is 70.1 cm³/mol. The molecule has 104 valence electrons. The Morgan fingerprint density at radius 3 is 2.28 bits per heavy atom. The third-order valence-electron chi connectivity index (χ3n) is 2.05. The molecule has 0 saturated heterocycles. The molecule has 0 amide bonds. The van der Waals surface area contributed by atoms with Crippen molar-refractivity contribution in [3.63, 3.8) is 0 Å². The Kier molecular flexibility index (Phi) is 5.75. The van der Waals surface area contributed by atoms with Crippen LogP contribution in [0.2, 0.25) is 0 Å². The number of aliphatic hydroxyl groups excluding tert-OH is 1. The summed E-state index contributed by atoms with van der Waals surface area (Å²) in [5, 5.41) is 18.6. The van der Waals surface area contributed by atoms with Crippen LogP contribution in [0.15, 0.2) is 0 Å². The highest BCUT2D eigenvalue weighted by Crippen LogP contribution is 2.39. The van der Waals surface area contributed by atoms with Crippen LogP contribution in [0.1, 0.15) is 16.9 Å². The average Bonchev–Trinajstić information content (AvgIpc) is 2.70. The van der Waals surface area contributed by atoms with Gasteiger partial charge in [-0.1, -0.05) is 11.8 Å². The molecule has 1 rings (SSSR count). The van der Waals surface area contributed by atoms with Gasteiger partial charge in [-0.15, -0.1) is 33.3 Å². The summed E-state index contributed by atoms with van der Waals surface area (Å²) in [5.74, 6) is 0.251. The van der Waals surface area contributed by atoms with Crippen molar-refractivity contribution in [2.75, 3.05) is 18.1 Å². The Hall–Kier alpha value is 0.01000. The lowest BCUT2D eigenvalue weighted by molar-refractivity contribution is -0.0326. The van der Waals surface area contributed by atoms with Crippen LogP contribution < -0.4 is 0 Å². The predicted octanol–water partition coefficient (Wildman–Crippen LogP) is 3.04. The van der Waals surface area contributed by atoms with E-state index >= 15 is 0 Å². The van der Waals surface area contributed by atoms with E-state index in [1.165, 1.54) is 23.1 Å². The first-order valence-electron chi connectivity index (χ1n) is 5.03. The molecular formula is C9H13F3N2OS3. The van der Waals surface area contributed by atoms with Crippen LogP contribution in [0.4, 0.5) is 13.2 Å². The van der Waals surface area contributed by atoms with Crippen molar-refractivity contribution in [2.24, 2.45) is 0 Å². The van der Waals surface area contributed by atoms with Crippen molar-refractivity contribution in [1.29, 1.82) is 0 Å². The summed E-state index contributed by atoms with van der Waals surface area (Å²) in [4.78, 5) is 0. The van der Waals surface area contributed by atoms with Gasteiger partial charge in [-0.25, -0.2) is 0 Å². The molecule has 1 aromatic heterocycles. The van der Waals surface area contributed by atoms with Gasteiger partial charge in [0.1, 0.15) is 10.0 Å². The van der Waals surface area contributed by atoms with Gasteiger partial charge < -0.3 is 5.11 Å². The number of thioether (sulfide) groups is 2. The molecule has 3 nitrogen and oxygen atoms in total. The van der Waals surface area contributed by atoms with E-state index in [0.29, 0.717) is 10.8 Å². The zero-order valence-corrected chi connectivity index (χ0v) is 12.3. The van der Waals surface area contributed by atoms with Gasteiger partial charge in [0.15, 0.2) is 0 Å². The second-order valence-electron chi connectivity index (χ2n) is 3.66. The maximum Gasteiger partial charge on any atom is 0.441 e. The van der Waals surface area contributed by atoms with Crippen molar-refractivity contribution in [3.05, 3.63) is 10.0 Å². The average molecular weight is 318 g/mol. The number of rotatable bonds is 6. The summed E-state index contributed by atoms with van der Waals surface area (Å²) in [6.07, 6.45) is 0. The maximum atomic E-state index is 12.0. The molecule has 1 unspecified atom stereocenters. The molecular weight excluding hydrogens is 305 g/mol. The fourth-order valence-electron chi connectivity index (χ4n) is 1.11. The number of aromatic nitrogens is 2. The zero-order chi connectivity index (χ0) is 13.8. The molecule has 18 heavy (non-hydrogen) atoms. The quantitative estimate of drug-likeness (QED) is 0.817. The van der Waals surface area contributed by atoms with Crippen LogP contribution in [0.3, 0.4) is 0 Å². The molecule has 0 bridgehead atoms. The molecule has 0 aliphatic carbocycles. The molecule has 0 aliphatic rings. The van der Waals surface area contributed by atoms with E-state index in [0.717, 1.165) is 5.01 Å². The minimum Gasteiger partial charge on any atom is -0.394 e. The summed E-state index contributed by atoms with van der Waals surface area (Å²) in [7, 11) is 0. The minimum absolute atomic E-state index is 0.0401. The van der Waals surface area contributed by atoms with E-state index in [4.69, 9.17) is 0 Å². The third kappa shape index (κ3) is 4.94. The molecule has 1 N–H and O–H groups in total. The zero-order valence-electron chi connectivity index (χ0n) is 9.82. The highest BCUT2D eigenvalue weighted by molar-refractivity contribution is 8.03. The second kappa shape index (κ2) is 6.44. The number of aliphatic hydroxyl groups is 1. The molecule has 1 heterocycles. The Morgan fingerprint density at radius 2 is 1.83 bits per heavy atom. The Labute approximate surface area is 116 Å². The van der Waals surface area contributed by atoms with Gasteiger partial charge in [-0.05, 0) is 13.8 Å². The lowest BCUT2D eigenvalue weighted by Gasteiger charge is -2.23. The van der Waals surface area contributed by atoms with E-state index in [1.54, 1.807) is 13.8 Å². The number of nitrogens with zero attached hydrogens (tertiary/aromatic N) is 2. The van der Waals surface area contributed by atoms with E-state index in [2.05, 4.69) is 10.2 Å². The topological polar surface area (TPSA) is 46.0 Å². The number of halogens is 3. The molecule has 0 aliphatic heterocycles. The standard InChI is InChI=1S/C9H13F3N2OS3/c1-6-13-14-7(18-6)8(2,5-15)16-3-4-17-9(10,11)12/h15H,3-5H2,1-2H3. The van der Waals surface area contributed by atoms with Gasteiger partial charge >= 0.3 is 5.51 Å². The number of alkyl halides is 3. The van der Waals surface area contributed by atoms with Crippen molar-refractivity contribution < 1.29 is 18.3 Å². The smallest absolute Gasteiger partial charge is 0.394 e. The summed E-state index contributed by atoms with van der Waals surface area (Å²) in [5.41, 5.74) is -4.20. The molecule has 0 saturated carbocycles. The lowest BCUT2D eigenvalue weighted by Crippen LogP contribution is -2.23. The fraction of sp³-hybridized carbons (Fsp3) is 0.778. The highest BCUT2D eigenvalue weighted by atomic mass is 32.2. The summed E-state index contributed by atoms with van der Waals surface area (Å²) >= 11 is 2.57. The lowest BCUT2D eigenvalue weighted by atomic mass is 10.2. The van der Waals surface area contributed by atoms with Gasteiger partial charge in [-0.2, -0.15) is 13.2 Å². The van der Waals surface area contributed by atoms with E-state index in [1.807, 2.05) is 0 Å². The second-order valence-corrected chi connectivity index (χ2v) is 7.60. The number of hydrogen-bond acceptors (Lipinski definition) is 6. The summed E-state index contributed by atoms with van der Waals surface area (Å²) < 4.78 is 35.2. The van der Waals surface area contributed by atoms with Crippen LogP contribution in [0, 0.1) is 6.92 Å². The van der Waals surface area contributed by atoms with Crippen LogP contribution in [-0.4, -0.2) is 38.9 Å². The van der Waals surface area contributed by atoms with Crippen molar-refractivity contribution in [1.82, 2.24) is 10.2 Å². The van der Waals surface area contributed by atoms with Gasteiger partial charge in [-0.3, -0.25) is 0 Å². The summed E-state index contributed by atoms with van der Waals surface area (Å²) in [6, 6.07) is 0. The molecule has 0 fully saturated rings. The van der Waals surface area contributed by atoms with Crippen LogP contribution in [-0.2, 0) is 4.75 Å². The Bertz CT molecular complexity index is 385. The number of hydrogen-bond donors (Lipinski definition) is 1. The highest BCUT2D eigenvalue weighted by Gasteiger charge is 2.32. The Morgan fingerprint density at radius 1 is 1.22 bits per heavy atom. The van der Waals surface area contributed by atoms with Crippen LogP contribution >= 0.6 is 34.9 Å².